The van der Waals surface area contributed by atoms with Crippen LogP contribution in [0.15, 0.2) is 12.7 Å². The van der Waals surface area contributed by atoms with Crippen LogP contribution in [0.2, 0.25) is 0 Å². The second kappa shape index (κ2) is 5.40. The summed E-state index contributed by atoms with van der Waals surface area (Å²) in [5.74, 6) is 0.309. The predicted molar refractivity (Wildman–Crippen MR) is 53.4 cm³/mol. The van der Waals surface area contributed by atoms with E-state index in [-0.39, 0.29) is 0 Å². The largest absolute Gasteiger partial charge is 0.390 e. The Morgan fingerprint density at radius 2 is 1.85 bits per heavy atom. The Morgan fingerprint density at radius 1 is 1.23 bits per heavy atom. The fourth-order valence-corrected chi connectivity index (χ4v) is 2.10. The molecular formula is C11H20O2. The summed E-state index contributed by atoms with van der Waals surface area (Å²) in [4.78, 5) is 0. The molecule has 2 atom stereocenters. The smallest absolute Gasteiger partial charge is 0.0836 e. The molecule has 0 aromatic carbocycles. The Bertz CT molecular complexity index is 150. The SMILES string of the molecule is C=CCC(O)[C@@H](O)C1CCCCC1. The van der Waals surface area contributed by atoms with Gasteiger partial charge in [0.2, 0.25) is 0 Å². The minimum Gasteiger partial charge on any atom is -0.390 e. The maximum absolute atomic E-state index is 9.78. The maximum Gasteiger partial charge on any atom is 0.0836 e. The van der Waals surface area contributed by atoms with Crippen molar-refractivity contribution in [1.82, 2.24) is 0 Å². The minimum atomic E-state index is -0.611. The van der Waals surface area contributed by atoms with Crippen molar-refractivity contribution in [2.24, 2.45) is 5.92 Å². The Labute approximate surface area is 80.3 Å². The van der Waals surface area contributed by atoms with Gasteiger partial charge in [0.05, 0.1) is 12.2 Å². The van der Waals surface area contributed by atoms with Gasteiger partial charge in [0.25, 0.3) is 0 Å². The Hall–Kier alpha value is -0.340. The van der Waals surface area contributed by atoms with E-state index in [1.165, 1.54) is 19.3 Å². The number of rotatable bonds is 4. The van der Waals surface area contributed by atoms with Gasteiger partial charge in [0, 0.05) is 0 Å². The van der Waals surface area contributed by atoms with Crippen LogP contribution in [-0.2, 0) is 0 Å². The highest BCUT2D eigenvalue weighted by Gasteiger charge is 2.26. The van der Waals surface area contributed by atoms with Gasteiger partial charge >= 0.3 is 0 Å². The van der Waals surface area contributed by atoms with Gasteiger partial charge in [-0.05, 0) is 25.2 Å². The molecule has 1 unspecified atom stereocenters. The molecule has 0 aliphatic heterocycles. The number of hydrogen-bond acceptors (Lipinski definition) is 2. The molecule has 0 spiro atoms. The van der Waals surface area contributed by atoms with E-state index in [9.17, 15) is 10.2 Å². The van der Waals surface area contributed by atoms with Crippen LogP contribution in [0, 0.1) is 5.92 Å². The van der Waals surface area contributed by atoms with Gasteiger partial charge in [-0.1, -0.05) is 25.3 Å². The number of aliphatic hydroxyl groups excluding tert-OH is 2. The summed E-state index contributed by atoms with van der Waals surface area (Å²) in [6.07, 6.45) is 6.81. The standard InChI is InChI=1S/C11H20O2/c1-2-6-10(12)11(13)9-7-4-3-5-8-9/h2,9-13H,1,3-8H2/t10?,11-/m0/s1. The van der Waals surface area contributed by atoms with E-state index in [1.54, 1.807) is 6.08 Å². The molecule has 0 heterocycles. The highest BCUT2D eigenvalue weighted by molar-refractivity contribution is 4.83. The minimum absolute atomic E-state index is 0.309. The Kier molecular flexibility index (Phi) is 4.46. The van der Waals surface area contributed by atoms with Crippen LogP contribution in [0.5, 0.6) is 0 Å². The predicted octanol–water partition coefficient (Wildman–Crippen LogP) is 1.86. The fourth-order valence-electron chi connectivity index (χ4n) is 2.10. The van der Waals surface area contributed by atoms with E-state index in [2.05, 4.69) is 6.58 Å². The van der Waals surface area contributed by atoms with Crippen molar-refractivity contribution in [2.45, 2.75) is 50.7 Å². The van der Waals surface area contributed by atoms with Crippen molar-refractivity contribution in [3.05, 3.63) is 12.7 Å². The van der Waals surface area contributed by atoms with Crippen molar-refractivity contribution in [1.29, 1.82) is 0 Å². The molecule has 1 aliphatic rings. The van der Waals surface area contributed by atoms with Crippen LogP contribution in [0.25, 0.3) is 0 Å². The lowest BCUT2D eigenvalue weighted by molar-refractivity contribution is -0.0250. The third-order valence-corrected chi connectivity index (χ3v) is 2.94. The molecule has 0 saturated heterocycles. The highest BCUT2D eigenvalue weighted by atomic mass is 16.3. The van der Waals surface area contributed by atoms with Gasteiger partial charge < -0.3 is 10.2 Å². The van der Waals surface area contributed by atoms with E-state index in [4.69, 9.17) is 0 Å². The average molecular weight is 184 g/mol. The molecule has 13 heavy (non-hydrogen) atoms. The average Bonchev–Trinajstić information content (AvgIpc) is 2.18. The molecule has 2 nitrogen and oxygen atoms in total. The summed E-state index contributed by atoms with van der Waals surface area (Å²) in [6, 6.07) is 0. The van der Waals surface area contributed by atoms with E-state index >= 15 is 0 Å². The molecule has 0 radical (unpaired) electrons. The van der Waals surface area contributed by atoms with Crippen LogP contribution < -0.4 is 0 Å². The summed E-state index contributed by atoms with van der Waals surface area (Å²) in [5, 5.41) is 19.3. The molecule has 0 aromatic heterocycles. The van der Waals surface area contributed by atoms with Gasteiger partial charge in [-0.3, -0.25) is 0 Å². The Morgan fingerprint density at radius 3 is 2.38 bits per heavy atom. The van der Waals surface area contributed by atoms with Crippen LogP contribution >= 0.6 is 0 Å². The second-order valence-electron chi connectivity index (χ2n) is 3.98. The second-order valence-corrected chi connectivity index (χ2v) is 3.98. The van der Waals surface area contributed by atoms with Gasteiger partial charge in [-0.2, -0.15) is 0 Å². The highest BCUT2D eigenvalue weighted by Crippen LogP contribution is 2.28. The molecule has 1 rings (SSSR count). The maximum atomic E-state index is 9.78. The molecule has 1 fully saturated rings. The van der Waals surface area contributed by atoms with Crippen molar-refractivity contribution < 1.29 is 10.2 Å². The normalized spacial score (nSPS) is 23.8. The number of aliphatic hydroxyl groups is 2. The first-order chi connectivity index (χ1) is 6.25. The van der Waals surface area contributed by atoms with Crippen molar-refractivity contribution in [3.63, 3.8) is 0 Å². The first-order valence-corrected chi connectivity index (χ1v) is 5.22. The lowest BCUT2D eigenvalue weighted by atomic mass is 9.83. The van der Waals surface area contributed by atoms with Crippen LogP contribution in [0.3, 0.4) is 0 Å². The van der Waals surface area contributed by atoms with Crippen molar-refractivity contribution in [3.8, 4) is 0 Å². The van der Waals surface area contributed by atoms with E-state index < -0.39 is 12.2 Å². The molecule has 0 bridgehead atoms. The molecule has 2 heteroatoms. The summed E-state index contributed by atoms with van der Waals surface area (Å²) < 4.78 is 0. The van der Waals surface area contributed by atoms with Crippen molar-refractivity contribution >= 4 is 0 Å². The molecular weight excluding hydrogens is 164 g/mol. The first kappa shape index (κ1) is 10.7. The first-order valence-electron chi connectivity index (χ1n) is 5.22. The summed E-state index contributed by atoms with van der Waals surface area (Å²) >= 11 is 0. The quantitative estimate of drug-likeness (QED) is 0.655. The molecule has 2 N–H and O–H groups in total. The molecule has 1 aliphatic carbocycles. The lowest BCUT2D eigenvalue weighted by Crippen LogP contribution is -2.34. The van der Waals surface area contributed by atoms with Crippen LogP contribution in [0.4, 0.5) is 0 Å². The zero-order chi connectivity index (χ0) is 9.68. The lowest BCUT2D eigenvalue weighted by Gasteiger charge is -2.29. The van der Waals surface area contributed by atoms with Gasteiger partial charge in [0.15, 0.2) is 0 Å². The third-order valence-electron chi connectivity index (χ3n) is 2.94. The van der Waals surface area contributed by atoms with Crippen LogP contribution in [-0.4, -0.2) is 22.4 Å². The van der Waals surface area contributed by atoms with E-state index in [0.717, 1.165) is 12.8 Å². The Balaban J connectivity index is 2.35. The molecule has 0 aromatic rings. The molecule has 76 valence electrons. The monoisotopic (exact) mass is 184 g/mol. The van der Waals surface area contributed by atoms with E-state index in [0.29, 0.717) is 12.3 Å². The van der Waals surface area contributed by atoms with Gasteiger partial charge in [-0.15, -0.1) is 6.58 Å². The third kappa shape index (κ3) is 3.12. The topological polar surface area (TPSA) is 40.5 Å². The van der Waals surface area contributed by atoms with Crippen molar-refractivity contribution in [2.75, 3.05) is 0 Å². The molecule has 1 saturated carbocycles. The van der Waals surface area contributed by atoms with E-state index in [1.807, 2.05) is 0 Å². The van der Waals surface area contributed by atoms with Gasteiger partial charge in [-0.25, -0.2) is 0 Å². The summed E-state index contributed by atoms with van der Waals surface area (Å²) in [5.41, 5.74) is 0. The summed E-state index contributed by atoms with van der Waals surface area (Å²) in [6.45, 7) is 3.56. The summed E-state index contributed by atoms with van der Waals surface area (Å²) in [7, 11) is 0. The van der Waals surface area contributed by atoms with Gasteiger partial charge in [0.1, 0.15) is 0 Å². The molecule has 0 amide bonds. The van der Waals surface area contributed by atoms with Crippen LogP contribution in [0.1, 0.15) is 38.5 Å². The zero-order valence-electron chi connectivity index (χ0n) is 8.15. The zero-order valence-corrected chi connectivity index (χ0v) is 8.15. The fraction of sp³-hybridized carbons (Fsp3) is 0.818. The number of hydrogen-bond donors (Lipinski definition) is 2.